The van der Waals surface area contributed by atoms with E-state index in [4.69, 9.17) is 11.6 Å². The number of hydrazone groups is 1. The Kier molecular flexibility index (Phi) is 6.09. The molecule has 2 N–H and O–H groups in total. The maximum Gasteiger partial charge on any atom is 0.271 e. The third-order valence-corrected chi connectivity index (χ3v) is 3.50. The van der Waals surface area contributed by atoms with Gasteiger partial charge in [-0.2, -0.15) is 5.10 Å². The van der Waals surface area contributed by atoms with Crippen LogP contribution in [0.25, 0.3) is 0 Å². The van der Waals surface area contributed by atoms with Crippen molar-refractivity contribution in [3.63, 3.8) is 0 Å². The number of aryl methyl sites for hydroxylation is 1. The molecule has 0 atom stereocenters. The fourth-order valence-electron chi connectivity index (χ4n) is 2.03. The molecular weight excluding hydrogens is 326 g/mol. The average molecular weight is 344 g/mol. The van der Waals surface area contributed by atoms with Crippen molar-refractivity contribution in [2.45, 2.75) is 20.3 Å². The van der Waals surface area contributed by atoms with Crippen molar-refractivity contribution in [1.29, 1.82) is 0 Å². The summed E-state index contributed by atoms with van der Waals surface area (Å²) in [4.78, 5) is 23.9. The number of halogens is 1. The average Bonchev–Trinajstić information content (AvgIpc) is 2.56. The molecule has 0 unspecified atom stereocenters. The predicted molar refractivity (Wildman–Crippen MR) is 96.5 cm³/mol. The van der Waals surface area contributed by atoms with E-state index in [2.05, 4.69) is 15.8 Å². The molecule has 0 saturated heterocycles. The van der Waals surface area contributed by atoms with Crippen LogP contribution in [0.1, 0.15) is 29.3 Å². The topological polar surface area (TPSA) is 70.6 Å². The number of hydrogen-bond donors (Lipinski definition) is 2. The summed E-state index contributed by atoms with van der Waals surface area (Å²) in [6.07, 6.45) is 0.0805. The number of anilines is 1. The molecule has 6 heteroatoms. The molecule has 2 amide bonds. The lowest BCUT2D eigenvalue weighted by Crippen LogP contribution is -2.21. The van der Waals surface area contributed by atoms with Crippen LogP contribution in [0.5, 0.6) is 0 Å². The van der Waals surface area contributed by atoms with Gasteiger partial charge in [-0.3, -0.25) is 9.59 Å². The maximum absolute atomic E-state index is 12.0. The van der Waals surface area contributed by atoms with Crippen molar-refractivity contribution in [3.05, 3.63) is 64.7 Å². The van der Waals surface area contributed by atoms with E-state index in [1.165, 1.54) is 0 Å². The van der Waals surface area contributed by atoms with Crippen LogP contribution in [0.4, 0.5) is 5.69 Å². The first-order chi connectivity index (χ1) is 11.5. The molecule has 2 aromatic carbocycles. The zero-order chi connectivity index (χ0) is 17.5. The number of carbonyl (C=O) groups excluding carboxylic acids is 2. The molecule has 124 valence electrons. The fourth-order valence-corrected chi connectivity index (χ4v) is 2.26. The molecule has 0 aliphatic heterocycles. The van der Waals surface area contributed by atoms with Gasteiger partial charge < -0.3 is 5.32 Å². The van der Waals surface area contributed by atoms with Gasteiger partial charge in [0, 0.05) is 22.0 Å². The first-order valence-electron chi connectivity index (χ1n) is 7.40. The third-order valence-electron chi connectivity index (χ3n) is 3.26. The second-order valence-corrected chi connectivity index (χ2v) is 5.77. The molecule has 0 aliphatic rings. The van der Waals surface area contributed by atoms with Crippen LogP contribution < -0.4 is 10.7 Å². The van der Waals surface area contributed by atoms with Crippen LogP contribution in [0.15, 0.2) is 53.6 Å². The van der Waals surface area contributed by atoms with Crippen molar-refractivity contribution in [3.8, 4) is 0 Å². The van der Waals surface area contributed by atoms with Gasteiger partial charge in [-0.25, -0.2) is 5.43 Å². The van der Waals surface area contributed by atoms with E-state index >= 15 is 0 Å². The van der Waals surface area contributed by atoms with Gasteiger partial charge in [-0.1, -0.05) is 29.8 Å². The number of carbonyl (C=O) groups is 2. The van der Waals surface area contributed by atoms with Crippen molar-refractivity contribution in [2.75, 3.05) is 5.32 Å². The molecule has 0 aliphatic carbocycles. The Morgan fingerprint density at radius 2 is 1.83 bits per heavy atom. The normalized spacial score (nSPS) is 11.0. The Bertz CT molecular complexity index is 773. The first-order valence-corrected chi connectivity index (χ1v) is 7.78. The molecule has 24 heavy (non-hydrogen) atoms. The summed E-state index contributed by atoms with van der Waals surface area (Å²) >= 11 is 5.89. The van der Waals surface area contributed by atoms with E-state index in [0.717, 1.165) is 5.56 Å². The second kappa shape index (κ2) is 8.26. The van der Waals surface area contributed by atoms with Crippen molar-refractivity contribution in [2.24, 2.45) is 5.10 Å². The van der Waals surface area contributed by atoms with Crippen molar-refractivity contribution >= 4 is 34.8 Å². The summed E-state index contributed by atoms with van der Waals surface area (Å²) in [6, 6.07) is 14.0. The summed E-state index contributed by atoms with van der Waals surface area (Å²) in [5.41, 5.74) is 5.03. The standard InChI is InChI=1S/C18H18ClN3O2/c1-12-10-15(19)8-9-16(12)20-17(23)11-13(2)21-22-18(24)14-6-4-3-5-7-14/h3-10H,11H2,1-2H3,(H,20,23)(H,22,24)/b21-13-. The number of rotatable bonds is 5. The SMILES string of the molecule is C/C(CC(=O)Nc1ccc(Cl)cc1C)=N/NC(=O)c1ccccc1. The third kappa shape index (κ3) is 5.21. The van der Waals surface area contributed by atoms with Gasteiger partial charge in [0.25, 0.3) is 5.91 Å². The molecule has 0 radical (unpaired) electrons. The summed E-state index contributed by atoms with van der Waals surface area (Å²) in [5, 5.41) is 7.37. The van der Waals surface area contributed by atoms with Gasteiger partial charge >= 0.3 is 0 Å². The number of benzene rings is 2. The Balaban J connectivity index is 1.90. The van der Waals surface area contributed by atoms with Gasteiger partial charge in [-0.15, -0.1) is 0 Å². The molecule has 2 aromatic rings. The number of hydrogen-bond acceptors (Lipinski definition) is 3. The minimum absolute atomic E-state index is 0.0805. The Hall–Kier alpha value is -2.66. The highest BCUT2D eigenvalue weighted by molar-refractivity contribution is 6.30. The summed E-state index contributed by atoms with van der Waals surface area (Å²) < 4.78 is 0. The molecule has 0 aromatic heterocycles. The number of nitrogens with one attached hydrogen (secondary N) is 2. The number of nitrogens with zero attached hydrogens (tertiary/aromatic N) is 1. The smallest absolute Gasteiger partial charge is 0.271 e. The van der Waals surface area contributed by atoms with Crippen molar-refractivity contribution in [1.82, 2.24) is 5.43 Å². The van der Waals surface area contributed by atoms with Crippen LogP contribution in [-0.2, 0) is 4.79 Å². The van der Waals surface area contributed by atoms with E-state index in [9.17, 15) is 9.59 Å². The summed E-state index contributed by atoms with van der Waals surface area (Å²) in [5.74, 6) is -0.528. The molecule has 0 bridgehead atoms. The minimum Gasteiger partial charge on any atom is -0.326 e. The molecule has 0 saturated carbocycles. The molecular formula is C18H18ClN3O2. The highest BCUT2D eigenvalue weighted by atomic mass is 35.5. The molecule has 0 spiro atoms. The van der Waals surface area contributed by atoms with Crippen LogP contribution >= 0.6 is 11.6 Å². The Labute approximate surface area is 145 Å². The molecule has 2 rings (SSSR count). The van der Waals surface area contributed by atoms with Crippen LogP contribution in [0, 0.1) is 6.92 Å². The zero-order valence-electron chi connectivity index (χ0n) is 13.5. The summed E-state index contributed by atoms with van der Waals surface area (Å²) in [7, 11) is 0. The van der Waals surface area contributed by atoms with E-state index in [1.807, 2.05) is 13.0 Å². The Morgan fingerprint density at radius 3 is 2.50 bits per heavy atom. The molecule has 0 fully saturated rings. The van der Waals surface area contributed by atoms with Gasteiger partial charge in [-0.05, 0) is 49.7 Å². The van der Waals surface area contributed by atoms with Gasteiger partial charge in [0.1, 0.15) is 0 Å². The van der Waals surface area contributed by atoms with E-state index in [1.54, 1.807) is 49.4 Å². The summed E-state index contributed by atoms with van der Waals surface area (Å²) in [6.45, 7) is 3.54. The predicted octanol–water partition coefficient (Wildman–Crippen LogP) is 3.78. The van der Waals surface area contributed by atoms with Crippen LogP contribution in [0.2, 0.25) is 5.02 Å². The Morgan fingerprint density at radius 1 is 1.12 bits per heavy atom. The highest BCUT2D eigenvalue weighted by Crippen LogP contribution is 2.19. The lowest BCUT2D eigenvalue weighted by molar-refractivity contribution is -0.115. The minimum atomic E-state index is -0.316. The maximum atomic E-state index is 12.0. The first kappa shape index (κ1) is 17.7. The largest absolute Gasteiger partial charge is 0.326 e. The number of amides is 2. The highest BCUT2D eigenvalue weighted by Gasteiger charge is 2.08. The molecule has 5 nitrogen and oxygen atoms in total. The van der Waals surface area contributed by atoms with E-state index < -0.39 is 0 Å². The van der Waals surface area contributed by atoms with Gasteiger partial charge in [0.05, 0.1) is 6.42 Å². The lowest BCUT2D eigenvalue weighted by Gasteiger charge is -2.08. The monoisotopic (exact) mass is 343 g/mol. The van der Waals surface area contributed by atoms with Crippen LogP contribution in [0.3, 0.4) is 0 Å². The second-order valence-electron chi connectivity index (χ2n) is 5.34. The zero-order valence-corrected chi connectivity index (χ0v) is 14.2. The quantitative estimate of drug-likeness (QED) is 0.640. The molecule has 0 heterocycles. The van der Waals surface area contributed by atoms with Crippen molar-refractivity contribution < 1.29 is 9.59 Å². The lowest BCUT2D eigenvalue weighted by atomic mass is 10.2. The van der Waals surface area contributed by atoms with Gasteiger partial charge in [0.2, 0.25) is 5.91 Å². The fraction of sp³-hybridized carbons (Fsp3) is 0.167. The van der Waals surface area contributed by atoms with E-state index in [-0.39, 0.29) is 18.2 Å². The van der Waals surface area contributed by atoms with Crippen LogP contribution in [-0.4, -0.2) is 17.5 Å². The van der Waals surface area contributed by atoms with Gasteiger partial charge in [0.15, 0.2) is 0 Å². The van der Waals surface area contributed by atoms with E-state index in [0.29, 0.717) is 22.0 Å².